The molecule has 1 aromatic rings. The fraction of sp³-hybridized carbons (Fsp3) is 0.556. The summed E-state index contributed by atoms with van der Waals surface area (Å²) in [5.41, 5.74) is 1.33. The lowest BCUT2D eigenvalue weighted by molar-refractivity contribution is 0.185. The second kappa shape index (κ2) is 4.95. The van der Waals surface area contributed by atoms with Crippen LogP contribution in [-0.2, 0) is 4.74 Å². The van der Waals surface area contributed by atoms with Gasteiger partial charge < -0.3 is 4.74 Å². The topological polar surface area (TPSA) is 9.23 Å². The summed E-state index contributed by atoms with van der Waals surface area (Å²) < 4.78 is 7.77. The average Bonchev–Trinajstić information content (AvgIpc) is 2.73. The lowest BCUT2D eigenvalue weighted by Crippen LogP contribution is -2.06. The lowest BCUT2D eigenvalue weighted by Gasteiger charge is -2.14. The van der Waals surface area contributed by atoms with E-state index in [2.05, 4.69) is 53.9 Å². The molecule has 0 spiro atoms. The molecule has 14 heavy (non-hydrogen) atoms. The number of hydrogen-bond acceptors (Lipinski definition) is 2. The molecule has 0 aromatic carbocycles. The zero-order valence-corrected chi connectivity index (χ0v) is 12.9. The Balaban J connectivity index is 2.17. The minimum atomic E-state index is 0.405. The van der Waals surface area contributed by atoms with Gasteiger partial charge in [-0.1, -0.05) is 15.9 Å². The summed E-state index contributed by atoms with van der Waals surface area (Å²) in [6, 6.07) is 2.17. The van der Waals surface area contributed by atoms with Crippen molar-refractivity contribution >= 4 is 59.1 Å². The van der Waals surface area contributed by atoms with Crippen molar-refractivity contribution in [2.75, 3.05) is 13.2 Å². The van der Waals surface area contributed by atoms with Crippen molar-refractivity contribution in [1.82, 2.24) is 0 Å². The largest absolute Gasteiger partial charge is 0.381 e. The molecule has 0 bridgehead atoms. The van der Waals surface area contributed by atoms with E-state index in [1.807, 2.05) is 0 Å². The molecule has 0 radical (unpaired) electrons. The van der Waals surface area contributed by atoms with Gasteiger partial charge >= 0.3 is 0 Å². The molecule has 0 N–H and O–H groups in total. The standard InChI is InChI=1S/C9H9Br3OS/c10-7-3-6(9(12)14-7)8(11)5-1-2-13-4-5/h3,5,8H,1-2,4H2. The Morgan fingerprint density at radius 1 is 1.50 bits per heavy atom. The maximum atomic E-state index is 5.39. The van der Waals surface area contributed by atoms with Crippen LogP contribution in [0.25, 0.3) is 0 Å². The summed E-state index contributed by atoms with van der Waals surface area (Å²) in [5.74, 6) is 0.604. The summed E-state index contributed by atoms with van der Waals surface area (Å²) in [7, 11) is 0. The van der Waals surface area contributed by atoms with Crippen LogP contribution in [0.1, 0.15) is 16.8 Å². The van der Waals surface area contributed by atoms with Crippen LogP contribution in [0, 0.1) is 5.92 Å². The fourth-order valence-electron chi connectivity index (χ4n) is 1.58. The van der Waals surface area contributed by atoms with Crippen molar-refractivity contribution in [2.24, 2.45) is 5.92 Å². The molecule has 2 heterocycles. The number of rotatable bonds is 2. The Morgan fingerprint density at radius 3 is 2.79 bits per heavy atom. The van der Waals surface area contributed by atoms with Gasteiger partial charge in [0.05, 0.1) is 14.2 Å². The van der Waals surface area contributed by atoms with E-state index >= 15 is 0 Å². The molecular formula is C9H9Br3OS. The third kappa shape index (κ3) is 2.43. The Hall–Kier alpha value is 1.10. The molecule has 78 valence electrons. The van der Waals surface area contributed by atoms with Crippen molar-refractivity contribution in [3.8, 4) is 0 Å². The Labute approximate surface area is 113 Å². The highest BCUT2D eigenvalue weighted by Gasteiger charge is 2.27. The van der Waals surface area contributed by atoms with Crippen LogP contribution in [-0.4, -0.2) is 13.2 Å². The van der Waals surface area contributed by atoms with E-state index in [1.54, 1.807) is 11.3 Å². The third-order valence-corrected chi connectivity index (χ3v) is 5.99. The highest BCUT2D eigenvalue weighted by atomic mass is 79.9. The van der Waals surface area contributed by atoms with Crippen LogP contribution in [0.2, 0.25) is 0 Å². The highest BCUT2D eigenvalue weighted by molar-refractivity contribution is 9.12. The van der Waals surface area contributed by atoms with Crippen LogP contribution in [0.5, 0.6) is 0 Å². The van der Waals surface area contributed by atoms with Gasteiger partial charge in [-0.05, 0) is 49.9 Å². The van der Waals surface area contributed by atoms with Crippen molar-refractivity contribution in [3.63, 3.8) is 0 Å². The highest BCUT2D eigenvalue weighted by Crippen LogP contribution is 2.43. The molecule has 0 amide bonds. The number of alkyl halides is 1. The molecule has 1 aromatic heterocycles. The summed E-state index contributed by atoms with van der Waals surface area (Å²) in [5, 5.41) is 0. The molecule has 0 saturated carbocycles. The van der Waals surface area contributed by atoms with Crippen molar-refractivity contribution in [3.05, 3.63) is 19.2 Å². The van der Waals surface area contributed by atoms with Gasteiger partial charge in [0.1, 0.15) is 0 Å². The molecule has 0 aliphatic carbocycles. The first kappa shape index (κ1) is 11.6. The maximum absolute atomic E-state index is 5.39. The zero-order chi connectivity index (χ0) is 10.1. The van der Waals surface area contributed by atoms with Gasteiger partial charge in [0.25, 0.3) is 0 Å². The Kier molecular flexibility index (Phi) is 4.10. The molecule has 2 atom stereocenters. The van der Waals surface area contributed by atoms with Gasteiger partial charge in [-0.15, -0.1) is 11.3 Å². The summed E-state index contributed by atoms with van der Waals surface area (Å²) in [6.45, 7) is 1.77. The molecule has 1 aliphatic rings. The average molecular weight is 405 g/mol. The first-order valence-electron chi connectivity index (χ1n) is 4.35. The second-order valence-corrected chi connectivity index (χ2v) is 8.04. The van der Waals surface area contributed by atoms with Gasteiger partial charge in [0.2, 0.25) is 0 Å². The first-order valence-corrected chi connectivity index (χ1v) is 7.67. The second-order valence-electron chi connectivity index (χ2n) is 3.30. The first-order chi connectivity index (χ1) is 6.68. The van der Waals surface area contributed by atoms with Crippen molar-refractivity contribution < 1.29 is 4.74 Å². The zero-order valence-electron chi connectivity index (χ0n) is 7.30. The minimum absolute atomic E-state index is 0.405. The minimum Gasteiger partial charge on any atom is -0.381 e. The molecular weight excluding hydrogens is 396 g/mol. The number of hydrogen-bond donors (Lipinski definition) is 0. The van der Waals surface area contributed by atoms with Crippen LogP contribution in [0.15, 0.2) is 13.6 Å². The number of halogens is 3. The van der Waals surface area contributed by atoms with Crippen LogP contribution in [0.3, 0.4) is 0 Å². The SMILES string of the molecule is Brc1cc(C(Br)C2CCOC2)c(Br)s1. The van der Waals surface area contributed by atoms with E-state index in [9.17, 15) is 0 Å². The van der Waals surface area contributed by atoms with E-state index in [4.69, 9.17) is 4.74 Å². The van der Waals surface area contributed by atoms with E-state index in [-0.39, 0.29) is 0 Å². The van der Waals surface area contributed by atoms with Gasteiger partial charge in [0, 0.05) is 17.4 Å². The quantitative estimate of drug-likeness (QED) is 0.646. The van der Waals surface area contributed by atoms with E-state index in [1.165, 1.54) is 13.1 Å². The van der Waals surface area contributed by atoms with E-state index in [0.29, 0.717) is 10.7 Å². The monoisotopic (exact) mass is 402 g/mol. The normalized spacial score (nSPS) is 24.1. The number of thiophene rings is 1. The third-order valence-electron chi connectivity index (χ3n) is 2.36. The van der Waals surface area contributed by atoms with Crippen LogP contribution < -0.4 is 0 Å². The number of ether oxygens (including phenoxy) is 1. The maximum Gasteiger partial charge on any atom is 0.0753 e. The van der Waals surface area contributed by atoms with Gasteiger partial charge in [-0.25, -0.2) is 0 Å². The molecule has 2 unspecified atom stereocenters. The molecule has 1 saturated heterocycles. The summed E-state index contributed by atoms with van der Waals surface area (Å²) >= 11 is 12.6. The van der Waals surface area contributed by atoms with Gasteiger partial charge in [-0.3, -0.25) is 0 Å². The van der Waals surface area contributed by atoms with Crippen molar-refractivity contribution in [1.29, 1.82) is 0 Å². The molecule has 5 heteroatoms. The lowest BCUT2D eigenvalue weighted by atomic mass is 10.0. The summed E-state index contributed by atoms with van der Waals surface area (Å²) in [4.78, 5) is 0.405. The van der Waals surface area contributed by atoms with Crippen molar-refractivity contribution in [2.45, 2.75) is 11.2 Å². The molecule has 1 aliphatic heterocycles. The van der Waals surface area contributed by atoms with Crippen LogP contribution >= 0.6 is 59.1 Å². The fourth-order valence-corrected chi connectivity index (χ4v) is 5.74. The smallest absolute Gasteiger partial charge is 0.0753 e. The molecule has 2 rings (SSSR count). The predicted octanol–water partition coefficient (Wildman–Crippen LogP) is 4.75. The summed E-state index contributed by atoms with van der Waals surface area (Å²) in [6.07, 6.45) is 1.15. The van der Waals surface area contributed by atoms with E-state index < -0.39 is 0 Å². The Morgan fingerprint density at radius 2 is 2.29 bits per heavy atom. The van der Waals surface area contributed by atoms with Gasteiger partial charge in [0.15, 0.2) is 0 Å². The predicted molar refractivity (Wildman–Crippen MR) is 70.3 cm³/mol. The Bertz CT molecular complexity index is 320. The van der Waals surface area contributed by atoms with E-state index in [0.717, 1.165) is 19.6 Å². The van der Waals surface area contributed by atoms with Gasteiger partial charge in [-0.2, -0.15) is 0 Å². The molecule has 1 nitrogen and oxygen atoms in total. The van der Waals surface area contributed by atoms with Crippen LogP contribution in [0.4, 0.5) is 0 Å². The molecule has 1 fully saturated rings.